The summed E-state index contributed by atoms with van der Waals surface area (Å²) in [6.07, 6.45) is 2.72. The molecule has 19 heavy (non-hydrogen) atoms. The van der Waals surface area contributed by atoms with Crippen molar-refractivity contribution in [3.05, 3.63) is 23.8 Å². The van der Waals surface area contributed by atoms with Crippen molar-refractivity contribution in [2.75, 3.05) is 21.3 Å². The molecule has 1 aliphatic rings. The van der Waals surface area contributed by atoms with Crippen LogP contribution in [0.5, 0.6) is 11.5 Å². The molecule has 3 unspecified atom stereocenters. The number of ether oxygens (including phenoxy) is 3. The standard InChI is InChI=1S/C15H23NO3/c1-10-5-8-13(19-10)15(16-2)12-7-6-11(17-3)9-14(12)18-4/h6-7,9-10,13,15-16H,5,8H2,1-4H3. The molecule has 1 heterocycles. The van der Waals surface area contributed by atoms with Gasteiger partial charge in [-0.05, 0) is 38.9 Å². The average molecular weight is 265 g/mol. The Morgan fingerprint density at radius 3 is 2.58 bits per heavy atom. The molecule has 1 aromatic rings. The summed E-state index contributed by atoms with van der Waals surface area (Å²) >= 11 is 0. The van der Waals surface area contributed by atoms with E-state index in [2.05, 4.69) is 12.2 Å². The lowest BCUT2D eigenvalue weighted by Gasteiger charge is -2.25. The van der Waals surface area contributed by atoms with E-state index in [0.717, 1.165) is 29.9 Å². The summed E-state index contributed by atoms with van der Waals surface area (Å²) in [6.45, 7) is 2.12. The molecular formula is C15H23NO3. The Bertz CT molecular complexity index is 422. The number of likely N-dealkylation sites (N-methyl/N-ethyl adjacent to an activating group) is 1. The van der Waals surface area contributed by atoms with Crippen LogP contribution in [0.15, 0.2) is 18.2 Å². The Hall–Kier alpha value is -1.26. The summed E-state index contributed by atoms with van der Waals surface area (Å²) in [5.74, 6) is 1.64. The van der Waals surface area contributed by atoms with Gasteiger partial charge in [-0.1, -0.05) is 0 Å². The van der Waals surface area contributed by atoms with Crippen LogP contribution < -0.4 is 14.8 Å². The SMILES string of the molecule is CNC(c1ccc(OC)cc1OC)C1CCC(C)O1. The van der Waals surface area contributed by atoms with Crippen LogP contribution in [0.3, 0.4) is 0 Å². The van der Waals surface area contributed by atoms with Gasteiger partial charge >= 0.3 is 0 Å². The van der Waals surface area contributed by atoms with Gasteiger partial charge in [0.05, 0.1) is 32.5 Å². The summed E-state index contributed by atoms with van der Waals surface area (Å²) in [6, 6.07) is 6.06. The van der Waals surface area contributed by atoms with E-state index in [4.69, 9.17) is 14.2 Å². The molecule has 4 heteroatoms. The van der Waals surface area contributed by atoms with Crippen LogP contribution in [0.2, 0.25) is 0 Å². The molecule has 106 valence electrons. The van der Waals surface area contributed by atoms with E-state index in [-0.39, 0.29) is 12.1 Å². The Morgan fingerprint density at radius 2 is 2.05 bits per heavy atom. The van der Waals surface area contributed by atoms with Crippen LogP contribution >= 0.6 is 0 Å². The zero-order valence-electron chi connectivity index (χ0n) is 12.1. The molecule has 0 amide bonds. The van der Waals surface area contributed by atoms with E-state index in [0.29, 0.717) is 6.10 Å². The molecule has 1 aromatic carbocycles. The maximum Gasteiger partial charge on any atom is 0.127 e. The third kappa shape index (κ3) is 3.01. The van der Waals surface area contributed by atoms with Crippen molar-refractivity contribution >= 4 is 0 Å². The minimum Gasteiger partial charge on any atom is -0.497 e. The third-order valence-electron chi connectivity index (χ3n) is 3.72. The molecular weight excluding hydrogens is 242 g/mol. The highest BCUT2D eigenvalue weighted by Crippen LogP contribution is 2.36. The van der Waals surface area contributed by atoms with E-state index in [1.54, 1.807) is 14.2 Å². The minimum absolute atomic E-state index is 0.144. The smallest absolute Gasteiger partial charge is 0.127 e. The third-order valence-corrected chi connectivity index (χ3v) is 3.72. The molecule has 0 aliphatic carbocycles. The number of nitrogens with one attached hydrogen (secondary N) is 1. The van der Waals surface area contributed by atoms with Crippen LogP contribution in [-0.2, 0) is 4.74 Å². The minimum atomic E-state index is 0.144. The molecule has 1 N–H and O–H groups in total. The number of benzene rings is 1. The van der Waals surface area contributed by atoms with Crippen LogP contribution in [0, 0.1) is 0 Å². The highest BCUT2D eigenvalue weighted by molar-refractivity contribution is 5.43. The summed E-state index contributed by atoms with van der Waals surface area (Å²) in [5.41, 5.74) is 1.12. The van der Waals surface area contributed by atoms with Crippen molar-refractivity contribution in [1.82, 2.24) is 5.32 Å². The Balaban J connectivity index is 2.27. The van der Waals surface area contributed by atoms with Crippen molar-refractivity contribution in [1.29, 1.82) is 0 Å². The topological polar surface area (TPSA) is 39.7 Å². The number of hydrogen-bond acceptors (Lipinski definition) is 4. The van der Waals surface area contributed by atoms with Gasteiger partial charge in [-0.25, -0.2) is 0 Å². The summed E-state index contributed by atoms with van der Waals surface area (Å²) < 4.78 is 16.7. The molecule has 1 aliphatic heterocycles. The summed E-state index contributed by atoms with van der Waals surface area (Å²) in [7, 11) is 5.30. The average Bonchev–Trinajstić information content (AvgIpc) is 2.86. The van der Waals surface area contributed by atoms with Crippen molar-refractivity contribution in [3.8, 4) is 11.5 Å². The van der Waals surface area contributed by atoms with E-state index >= 15 is 0 Å². The normalized spacial score (nSPS) is 24.2. The van der Waals surface area contributed by atoms with Crippen LogP contribution in [0.4, 0.5) is 0 Å². The summed E-state index contributed by atoms with van der Waals surface area (Å²) in [5, 5.41) is 3.35. The number of methoxy groups -OCH3 is 2. The van der Waals surface area contributed by atoms with E-state index < -0.39 is 0 Å². The van der Waals surface area contributed by atoms with Gasteiger partial charge in [0.1, 0.15) is 11.5 Å². The molecule has 2 rings (SSSR count). The second kappa shape index (κ2) is 6.26. The largest absolute Gasteiger partial charge is 0.497 e. The van der Waals surface area contributed by atoms with E-state index in [9.17, 15) is 0 Å². The first-order valence-electron chi connectivity index (χ1n) is 6.74. The maximum absolute atomic E-state index is 5.98. The van der Waals surface area contributed by atoms with Crippen molar-refractivity contribution in [2.24, 2.45) is 0 Å². The highest BCUT2D eigenvalue weighted by atomic mass is 16.5. The predicted octanol–water partition coefficient (Wildman–Crippen LogP) is 2.53. The monoisotopic (exact) mass is 265 g/mol. The van der Waals surface area contributed by atoms with Crippen LogP contribution in [0.25, 0.3) is 0 Å². The fourth-order valence-corrected chi connectivity index (χ4v) is 2.70. The second-order valence-corrected chi connectivity index (χ2v) is 4.94. The fraction of sp³-hybridized carbons (Fsp3) is 0.600. The Morgan fingerprint density at radius 1 is 1.26 bits per heavy atom. The second-order valence-electron chi connectivity index (χ2n) is 4.94. The number of rotatable bonds is 5. The van der Waals surface area contributed by atoms with Crippen molar-refractivity contribution in [2.45, 2.75) is 38.0 Å². The van der Waals surface area contributed by atoms with Crippen LogP contribution in [-0.4, -0.2) is 33.5 Å². The fourth-order valence-electron chi connectivity index (χ4n) is 2.70. The highest BCUT2D eigenvalue weighted by Gasteiger charge is 2.31. The molecule has 0 saturated carbocycles. The van der Waals surface area contributed by atoms with E-state index in [1.165, 1.54) is 0 Å². The van der Waals surface area contributed by atoms with Gasteiger partial charge in [0.2, 0.25) is 0 Å². The molecule has 0 bridgehead atoms. The van der Waals surface area contributed by atoms with Gasteiger partial charge in [-0.15, -0.1) is 0 Å². The lowest BCUT2D eigenvalue weighted by Crippen LogP contribution is -2.30. The predicted molar refractivity (Wildman–Crippen MR) is 74.9 cm³/mol. The van der Waals surface area contributed by atoms with Crippen molar-refractivity contribution in [3.63, 3.8) is 0 Å². The quantitative estimate of drug-likeness (QED) is 0.888. The molecule has 1 saturated heterocycles. The van der Waals surface area contributed by atoms with Gasteiger partial charge in [0, 0.05) is 11.6 Å². The van der Waals surface area contributed by atoms with Gasteiger partial charge in [-0.2, -0.15) is 0 Å². The zero-order valence-corrected chi connectivity index (χ0v) is 12.1. The maximum atomic E-state index is 5.98. The Labute approximate surface area is 115 Å². The zero-order chi connectivity index (χ0) is 13.8. The van der Waals surface area contributed by atoms with Gasteiger partial charge < -0.3 is 19.5 Å². The summed E-state index contributed by atoms with van der Waals surface area (Å²) in [4.78, 5) is 0. The van der Waals surface area contributed by atoms with Gasteiger partial charge in [0.25, 0.3) is 0 Å². The van der Waals surface area contributed by atoms with Gasteiger partial charge in [0.15, 0.2) is 0 Å². The molecule has 0 aromatic heterocycles. The first-order chi connectivity index (χ1) is 9.19. The first-order valence-corrected chi connectivity index (χ1v) is 6.74. The molecule has 4 nitrogen and oxygen atoms in total. The molecule has 0 spiro atoms. The molecule has 0 radical (unpaired) electrons. The number of hydrogen-bond donors (Lipinski definition) is 1. The lowest BCUT2D eigenvalue weighted by molar-refractivity contribution is 0.0328. The molecule has 3 atom stereocenters. The lowest BCUT2D eigenvalue weighted by atomic mass is 9.98. The molecule has 1 fully saturated rings. The van der Waals surface area contributed by atoms with E-state index in [1.807, 2.05) is 25.2 Å². The Kier molecular flexibility index (Phi) is 4.66. The first kappa shape index (κ1) is 14.2. The van der Waals surface area contributed by atoms with Gasteiger partial charge in [-0.3, -0.25) is 0 Å². The van der Waals surface area contributed by atoms with Crippen LogP contribution in [0.1, 0.15) is 31.4 Å². The van der Waals surface area contributed by atoms with Crippen molar-refractivity contribution < 1.29 is 14.2 Å².